The minimum Gasteiger partial charge on any atom is -0.494 e. The van der Waals surface area contributed by atoms with Gasteiger partial charge in [-0.05, 0) is 48.9 Å². The Bertz CT molecular complexity index is 899. The molecule has 0 spiro atoms. The van der Waals surface area contributed by atoms with Crippen molar-refractivity contribution in [3.8, 4) is 17.2 Å². The number of carbonyl (C=O) groups excluding carboxylic acids is 3. The van der Waals surface area contributed by atoms with E-state index >= 15 is 0 Å². The van der Waals surface area contributed by atoms with Gasteiger partial charge in [-0.3, -0.25) is 25.2 Å². The lowest BCUT2D eigenvalue weighted by Crippen LogP contribution is -2.46. The summed E-state index contributed by atoms with van der Waals surface area (Å²) in [5, 5.41) is 2.49. The van der Waals surface area contributed by atoms with E-state index in [9.17, 15) is 14.4 Å². The summed E-state index contributed by atoms with van der Waals surface area (Å²) in [6, 6.07) is 11.2. The normalized spacial score (nSPS) is 10.0. The Hall–Kier alpha value is -3.75. The van der Waals surface area contributed by atoms with Crippen LogP contribution < -0.4 is 30.4 Å². The highest BCUT2D eigenvalue weighted by molar-refractivity contribution is 5.98. The number of ether oxygens (including phenoxy) is 3. The van der Waals surface area contributed by atoms with Crippen LogP contribution >= 0.6 is 0 Å². The first kappa shape index (κ1) is 23.5. The average Bonchev–Trinajstić information content (AvgIpc) is 2.81. The average molecular weight is 429 g/mol. The third kappa shape index (κ3) is 7.22. The number of hydrogen-bond acceptors (Lipinski definition) is 6. The Kier molecular flexibility index (Phi) is 9.15. The van der Waals surface area contributed by atoms with E-state index in [2.05, 4.69) is 23.1 Å². The van der Waals surface area contributed by atoms with Crippen molar-refractivity contribution in [2.24, 2.45) is 0 Å². The van der Waals surface area contributed by atoms with Gasteiger partial charge in [-0.2, -0.15) is 0 Å². The molecule has 166 valence electrons. The summed E-state index contributed by atoms with van der Waals surface area (Å²) in [6.45, 7) is 2.39. The quantitative estimate of drug-likeness (QED) is 0.393. The van der Waals surface area contributed by atoms with Crippen LogP contribution in [0.4, 0.5) is 0 Å². The minimum atomic E-state index is -0.582. The molecule has 0 bridgehead atoms. The molecule has 2 aromatic carbocycles. The number of hydrogen-bond donors (Lipinski definition) is 3. The lowest BCUT2D eigenvalue weighted by atomic mass is 10.2. The summed E-state index contributed by atoms with van der Waals surface area (Å²) in [6.07, 6.45) is 2.00. The molecule has 0 aliphatic carbocycles. The van der Waals surface area contributed by atoms with Crippen molar-refractivity contribution in [3.63, 3.8) is 0 Å². The first-order chi connectivity index (χ1) is 15.0. The summed E-state index contributed by atoms with van der Waals surface area (Å²) in [5.74, 6) is 0.00459. The fourth-order valence-corrected chi connectivity index (χ4v) is 2.52. The number of methoxy groups -OCH3 is 2. The summed E-state index contributed by atoms with van der Waals surface area (Å²) in [7, 11) is 2.94. The minimum absolute atomic E-state index is 0.267. The second-order valence-electron chi connectivity index (χ2n) is 6.48. The smallest absolute Gasteiger partial charge is 0.269 e. The van der Waals surface area contributed by atoms with E-state index in [4.69, 9.17) is 14.2 Å². The van der Waals surface area contributed by atoms with Gasteiger partial charge in [0.2, 0.25) is 0 Å². The van der Waals surface area contributed by atoms with Gasteiger partial charge in [0.15, 0.2) is 11.5 Å². The molecular formula is C22H27N3O6. The SMILES string of the molecule is CCCCOc1ccc(C(=O)NCC(=O)NNC(=O)c2ccc(OC)c(OC)c2)cc1. The van der Waals surface area contributed by atoms with Crippen LogP contribution in [0.1, 0.15) is 40.5 Å². The van der Waals surface area contributed by atoms with Crippen LogP contribution in [0.3, 0.4) is 0 Å². The van der Waals surface area contributed by atoms with Crippen molar-refractivity contribution < 1.29 is 28.6 Å². The molecule has 0 heterocycles. The van der Waals surface area contributed by atoms with Gasteiger partial charge < -0.3 is 19.5 Å². The summed E-state index contributed by atoms with van der Waals surface area (Å²) >= 11 is 0. The second-order valence-corrected chi connectivity index (χ2v) is 6.48. The van der Waals surface area contributed by atoms with Gasteiger partial charge in [-0.25, -0.2) is 0 Å². The molecule has 31 heavy (non-hydrogen) atoms. The summed E-state index contributed by atoms with van der Waals surface area (Å²) < 4.78 is 15.8. The number of carbonyl (C=O) groups is 3. The molecule has 0 saturated heterocycles. The van der Waals surface area contributed by atoms with E-state index < -0.39 is 17.7 Å². The second kappa shape index (κ2) is 12.1. The third-order valence-electron chi connectivity index (χ3n) is 4.25. The van der Waals surface area contributed by atoms with Gasteiger partial charge in [0.05, 0.1) is 27.4 Å². The Labute approximate surface area is 181 Å². The van der Waals surface area contributed by atoms with Crippen molar-refractivity contribution in [2.45, 2.75) is 19.8 Å². The van der Waals surface area contributed by atoms with Crippen LogP contribution in [-0.2, 0) is 4.79 Å². The molecule has 0 saturated carbocycles. The van der Waals surface area contributed by atoms with Crippen molar-refractivity contribution in [1.82, 2.24) is 16.2 Å². The molecule has 2 rings (SSSR count). The molecule has 0 aromatic heterocycles. The van der Waals surface area contributed by atoms with E-state index in [-0.39, 0.29) is 12.1 Å². The molecule has 9 heteroatoms. The number of unbranched alkanes of at least 4 members (excludes halogenated alkanes) is 1. The van der Waals surface area contributed by atoms with Gasteiger partial charge in [-0.15, -0.1) is 0 Å². The molecule has 0 aliphatic heterocycles. The van der Waals surface area contributed by atoms with Gasteiger partial charge in [0, 0.05) is 11.1 Å². The first-order valence-corrected chi connectivity index (χ1v) is 9.80. The Morgan fingerprint density at radius 3 is 2.16 bits per heavy atom. The molecule has 0 fully saturated rings. The van der Waals surface area contributed by atoms with Crippen LogP contribution in [-0.4, -0.2) is 45.1 Å². The molecule has 0 radical (unpaired) electrons. The maximum absolute atomic E-state index is 12.2. The predicted molar refractivity (Wildman–Crippen MR) is 114 cm³/mol. The maximum atomic E-state index is 12.2. The Balaban J connectivity index is 1.78. The van der Waals surface area contributed by atoms with Gasteiger partial charge in [-0.1, -0.05) is 13.3 Å². The Morgan fingerprint density at radius 2 is 1.52 bits per heavy atom. The third-order valence-corrected chi connectivity index (χ3v) is 4.25. The predicted octanol–water partition coefficient (Wildman–Crippen LogP) is 2.07. The lowest BCUT2D eigenvalue weighted by molar-refractivity contribution is -0.120. The van der Waals surface area contributed by atoms with E-state index in [1.54, 1.807) is 30.3 Å². The van der Waals surface area contributed by atoms with Gasteiger partial charge in [0.25, 0.3) is 17.7 Å². The van der Waals surface area contributed by atoms with E-state index in [0.29, 0.717) is 29.4 Å². The van der Waals surface area contributed by atoms with Crippen LogP contribution in [0.15, 0.2) is 42.5 Å². The van der Waals surface area contributed by atoms with Crippen molar-refractivity contribution in [3.05, 3.63) is 53.6 Å². The lowest BCUT2D eigenvalue weighted by Gasteiger charge is -2.11. The zero-order valence-electron chi connectivity index (χ0n) is 17.8. The molecule has 0 atom stereocenters. The highest BCUT2D eigenvalue weighted by Gasteiger charge is 2.12. The molecule has 3 amide bonds. The molecule has 9 nitrogen and oxygen atoms in total. The molecule has 0 aliphatic rings. The van der Waals surface area contributed by atoms with E-state index in [1.165, 1.54) is 26.4 Å². The van der Waals surface area contributed by atoms with E-state index in [1.807, 2.05) is 0 Å². The number of nitrogens with one attached hydrogen (secondary N) is 3. The maximum Gasteiger partial charge on any atom is 0.269 e. The van der Waals surface area contributed by atoms with Crippen LogP contribution in [0.25, 0.3) is 0 Å². The number of amides is 3. The molecule has 0 unspecified atom stereocenters. The van der Waals surface area contributed by atoms with Crippen LogP contribution in [0.5, 0.6) is 17.2 Å². The fraction of sp³-hybridized carbons (Fsp3) is 0.318. The molecule has 3 N–H and O–H groups in total. The zero-order chi connectivity index (χ0) is 22.6. The van der Waals surface area contributed by atoms with E-state index in [0.717, 1.165) is 12.8 Å². The topological polar surface area (TPSA) is 115 Å². The van der Waals surface area contributed by atoms with Gasteiger partial charge in [0.1, 0.15) is 5.75 Å². The number of benzene rings is 2. The number of rotatable bonds is 10. The molecule has 2 aromatic rings. The molecular weight excluding hydrogens is 402 g/mol. The monoisotopic (exact) mass is 429 g/mol. The van der Waals surface area contributed by atoms with Crippen molar-refractivity contribution in [2.75, 3.05) is 27.4 Å². The summed E-state index contributed by atoms with van der Waals surface area (Å²) in [5.41, 5.74) is 5.19. The zero-order valence-corrected chi connectivity index (χ0v) is 17.8. The number of hydrazine groups is 1. The summed E-state index contributed by atoms with van der Waals surface area (Å²) in [4.78, 5) is 36.3. The highest BCUT2D eigenvalue weighted by Crippen LogP contribution is 2.27. The van der Waals surface area contributed by atoms with Crippen molar-refractivity contribution >= 4 is 17.7 Å². The van der Waals surface area contributed by atoms with Crippen molar-refractivity contribution in [1.29, 1.82) is 0 Å². The standard InChI is InChI=1S/C22H27N3O6/c1-4-5-12-31-17-9-6-15(7-10-17)21(27)23-14-20(26)24-25-22(28)16-8-11-18(29-2)19(13-16)30-3/h6-11,13H,4-5,12,14H2,1-3H3,(H,23,27)(H,24,26)(H,25,28). The highest BCUT2D eigenvalue weighted by atomic mass is 16.5. The fourth-order valence-electron chi connectivity index (χ4n) is 2.52. The van der Waals surface area contributed by atoms with Gasteiger partial charge >= 0.3 is 0 Å². The van der Waals surface area contributed by atoms with Crippen LogP contribution in [0.2, 0.25) is 0 Å². The van der Waals surface area contributed by atoms with Crippen LogP contribution in [0, 0.1) is 0 Å². The largest absolute Gasteiger partial charge is 0.494 e. The Morgan fingerprint density at radius 1 is 0.839 bits per heavy atom. The first-order valence-electron chi connectivity index (χ1n) is 9.80.